The largest absolute Gasteiger partial charge is 0.395 e. The predicted molar refractivity (Wildman–Crippen MR) is 50.2 cm³/mol. The van der Waals surface area contributed by atoms with Gasteiger partial charge >= 0.3 is 0 Å². The summed E-state index contributed by atoms with van der Waals surface area (Å²) < 4.78 is 0. The van der Waals surface area contributed by atoms with Gasteiger partial charge in [0.2, 0.25) is 0 Å². The highest BCUT2D eigenvalue weighted by Gasteiger charge is 2.11. The summed E-state index contributed by atoms with van der Waals surface area (Å²) >= 11 is 4.23. The standard InChI is InChI=1S/C8H17NOS/c10-7-8(11)3-6-9-4-1-2-5-9/h8,10-11H,1-7H2. The third-order valence-corrected chi connectivity index (χ3v) is 2.61. The highest BCUT2D eigenvalue weighted by Crippen LogP contribution is 2.09. The van der Waals surface area contributed by atoms with Crippen molar-refractivity contribution in [1.82, 2.24) is 4.90 Å². The lowest BCUT2D eigenvalue weighted by molar-refractivity contribution is 0.270. The molecule has 1 saturated heterocycles. The highest BCUT2D eigenvalue weighted by atomic mass is 32.1. The van der Waals surface area contributed by atoms with Crippen molar-refractivity contribution in [3.63, 3.8) is 0 Å². The SMILES string of the molecule is OCC(S)CCN1CCCC1. The monoisotopic (exact) mass is 175 g/mol. The first-order chi connectivity index (χ1) is 5.33. The number of likely N-dealkylation sites (tertiary alicyclic amines) is 1. The average Bonchev–Trinajstić information content (AvgIpc) is 2.52. The minimum Gasteiger partial charge on any atom is -0.395 e. The van der Waals surface area contributed by atoms with Crippen molar-refractivity contribution < 1.29 is 5.11 Å². The number of aliphatic hydroxyl groups excluding tert-OH is 1. The van der Waals surface area contributed by atoms with Crippen LogP contribution in [0.1, 0.15) is 19.3 Å². The minimum absolute atomic E-state index is 0.176. The fraction of sp³-hybridized carbons (Fsp3) is 1.00. The number of hydrogen-bond donors (Lipinski definition) is 2. The Labute approximate surface area is 74.0 Å². The van der Waals surface area contributed by atoms with Crippen LogP contribution < -0.4 is 0 Å². The van der Waals surface area contributed by atoms with Crippen LogP contribution in [0.4, 0.5) is 0 Å². The van der Waals surface area contributed by atoms with Crippen molar-refractivity contribution in [2.75, 3.05) is 26.2 Å². The fourth-order valence-corrected chi connectivity index (χ4v) is 1.54. The Morgan fingerprint density at radius 2 is 2.00 bits per heavy atom. The van der Waals surface area contributed by atoms with Gasteiger partial charge < -0.3 is 10.0 Å². The molecule has 11 heavy (non-hydrogen) atoms. The molecule has 1 aliphatic heterocycles. The molecule has 2 nitrogen and oxygen atoms in total. The van der Waals surface area contributed by atoms with Gasteiger partial charge in [0, 0.05) is 5.25 Å². The van der Waals surface area contributed by atoms with Gasteiger partial charge in [-0.1, -0.05) is 0 Å². The molecule has 1 N–H and O–H groups in total. The number of hydrogen-bond acceptors (Lipinski definition) is 3. The van der Waals surface area contributed by atoms with E-state index in [0.717, 1.165) is 13.0 Å². The lowest BCUT2D eigenvalue weighted by Crippen LogP contribution is -2.23. The van der Waals surface area contributed by atoms with Crippen LogP contribution in [0.5, 0.6) is 0 Å². The number of thiol groups is 1. The second-order valence-electron chi connectivity index (χ2n) is 3.17. The summed E-state index contributed by atoms with van der Waals surface area (Å²) in [7, 11) is 0. The second-order valence-corrected chi connectivity index (χ2v) is 3.90. The van der Waals surface area contributed by atoms with E-state index >= 15 is 0 Å². The molecule has 1 atom stereocenters. The van der Waals surface area contributed by atoms with Gasteiger partial charge in [0.1, 0.15) is 0 Å². The summed E-state index contributed by atoms with van der Waals surface area (Å²) in [5, 5.41) is 8.89. The van der Waals surface area contributed by atoms with Crippen LogP contribution in [0.15, 0.2) is 0 Å². The zero-order valence-electron chi connectivity index (χ0n) is 6.87. The molecule has 0 aliphatic carbocycles. The van der Waals surface area contributed by atoms with Gasteiger partial charge in [0.15, 0.2) is 0 Å². The molecule has 0 saturated carbocycles. The van der Waals surface area contributed by atoms with Gasteiger partial charge in [-0.3, -0.25) is 0 Å². The van der Waals surface area contributed by atoms with E-state index in [0.29, 0.717) is 0 Å². The normalized spacial score (nSPS) is 22.4. The molecule has 1 fully saturated rings. The van der Waals surface area contributed by atoms with E-state index in [1.807, 2.05) is 0 Å². The molecule has 0 aromatic carbocycles. The molecule has 0 bridgehead atoms. The molecule has 0 aromatic rings. The first-order valence-electron chi connectivity index (χ1n) is 4.34. The Morgan fingerprint density at radius 3 is 2.55 bits per heavy atom. The number of aliphatic hydroxyl groups is 1. The van der Waals surface area contributed by atoms with E-state index < -0.39 is 0 Å². The van der Waals surface area contributed by atoms with Gasteiger partial charge in [0.25, 0.3) is 0 Å². The summed E-state index contributed by atoms with van der Waals surface area (Å²) in [6.07, 6.45) is 3.70. The van der Waals surface area contributed by atoms with Crippen LogP contribution in [0.2, 0.25) is 0 Å². The van der Waals surface area contributed by atoms with Crippen molar-refractivity contribution in [3.8, 4) is 0 Å². The molecular weight excluding hydrogens is 158 g/mol. The molecule has 1 aliphatic rings. The van der Waals surface area contributed by atoms with Crippen molar-refractivity contribution in [1.29, 1.82) is 0 Å². The molecule has 0 aromatic heterocycles. The van der Waals surface area contributed by atoms with Crippen molar-refractivity contribution in [2.24, 2.45) is 0 Å². The Kier molecular flexibility index (Phi) is 4.26. The highest BCUT2D eigenvalue weighted by molar-refractivity contribution is 7.81. The Bertz CT molecular complexity index is 104. The number of rotatable bonds is 4. The van der Waals surface area contributed by atoms with Crippen LogP contribution >= 0.6 is 12.6 Å². The van der Waals surface area contributed by atoms with Crippen LogP contribution in [0, 0.1) is 0 Å². The lowest BCUT2D eigenvalue weighted by Gasteiger charge is -2.15. The first kappa shape index (κ1) is 9.36. The maximum atomic E-state index is 8.71. The van der Waals surface area contributed by atoms with E-state index in [4.69, 9.17) is 5.11 Å². The Balaban J connectivity index is 2.01. The molecule has 1 unspecified atom stereocenters. The van der Waals surface area contributed by atoms with Crippen LogP contribution in [0.3, 0.4) is 0 Å². The topological polar surface area (TPSA) is 23.5 Å². The van der Waals surface area contributed by atoms with E-state index in [1.54, 1.807) is 0 Å². The van der Waals surface area contributed by atoms with Gasteiger partial charge in [-0.15, -0.1) is 0 Å². The third kappa shape index (κ3) is 3.45. The van der Waals surface area contributed by atoms with Crippen LogP contribution in [-0.4, -0.2) is 41.5 Å². The minimum atomic E-state index is 0.176. The van der Waals surface area contributed by atoms with E-state index in [2.05, 4.69) is 17.5 Å². The van der Waals surface area contributed by atoms with Crippen molar-refractivity contribution >= 4 is 12.6 Å². The van der Waals surface area contributed by atoms with Crippen molar-refractivity contribution in [3.05, 3.63) is 0 Å². The Morgan fingerprint density at radius 1 is 1.36 bits per heavy atom. The summed E-state index contributed by atoms with van der Waals surface area (Å²) in [6.45, 7) is 3.80. The molecular formula is C8H17NOS. The maximum absolute atomic E-state index is 8.71. The smallest absolute Gasteiger partial charge is 0.0547 e. The van der Waals surface area contributed by atoms with Gasteiger partial charge in [-0.25, -0.2) is 0 Å². The summed E-state index contributed by atoms with van der Waals surface area (Å²) in [6, 6.07) is 0. The molecule has 3 heteroatoms. The fourth-order valence-electron chi connectivity index (χ4n) is 1.43. The quantitative estimate of drug-likeness (QED) is 0.616. The zero-order valence-corrected chi connectivity index (χ0v) is 7.76. The third-order valence-electron chi connectivity index (χ3n) is 2.19. The molecule has 0 radical (unpaired) electrons. The Hall–Kier alpha value is 0.270. The van der Waals surface area contributed by atoms with E-state index in [1.165, 1.54) is 25.9 Å². The zero-order chi connectivity index (χ0) is 8.10. The molecule has 0 amide bonds. The summed E-state index contributed by atoms with van der Waals surface area (Å²) in [4.78, 5) is 2.44. The van der Waals surface area contributed by atoms with Gasteiger partial charge in [-0.05, 0) is 38.9 Å². The lowest BCUT2D eigenvalue weighted by atomic mass is 10.3. The number of nitrogens with zero attached hydrogens (tertiary/aromatic N) is 1. The van der Waals surface area contributed by atoms with Crippen molar-refractivity contribution in [2.45, 2.75) is 24.5 Å². The van der Waals surface area contributed by atoms with Gasteiger partial charge in [0.05, 0.1) is 6.61 Å². The van der Waals surface area contributed by atoms with Gasteiger partial charge in [-0.2, -0.15) is 12.6 Å². The summed E-state index contributed by atoms with van der Waals surface area (Å²) in [5.41, 5.74) is 0. The van der Waals surface area contributed by atoms with Crippen LogP contribution in [0.25, 0.3) is 0 Å². The first-order valence-corrected chi connectivity index (χ1v) is 4.86. The maximum Gasteiger partial charge on any atom is 0.0547 e. The average molecular weight is 175 g/mol. The predicted octanol–water partition coefficient (Wildman–Crippen LogP) is 0.763. The van der Waals surface area contributed by atoms with E-state index in [9.17, 15) is 0 Å². The van der Waals surface area contributed by atoms with Crippen LogP contribution in [-0.2, 0) is 0 Å². The second kappa shape index (κ2) is 5.01. The molecule has 0 spiro atoms. The molecule has 1 heterocycles. The molecule has 66 valence electrons. The van der Waals surface area contributed by atoms with E-state index in [-0.39, 0.29) is 11.9 Å². The molecule has 1 rings (SSSR count). The summed E-state index contributed by atoms with van der Waals surface area (Å²) in [5.74, 6) is 0.